The molecule has 7 nitrogen and oxygen atoms in total. The van der Waals surface area contributed by atoms with Gasteiger partial charge in [-0.25, -0.2) is 21.1 Å². The van der Waals surface area contributed by atoms with E-state index in [4.69, 9.17) is 0 Å². The summed E-state index contributed by atoms with van der Waals surface area (Å²) >= 11 is 0. The van der Waals surface area contributed by atoms with Crippen molar-refractivity contribution in [1.82, 2.24) is 9.62 Å². The van der Waals surface area contributed by atoms with E-state index in [0.29, 0.717) is 32.4 Å². The molecule has 0 aliphatic carbocycles. The van der Waals surface area contributed by atoms with Crippen LogP contribution in [-0.2, 0) is 24.7 Å². The summed E-state index contributed by atoms with van der Waals surface area (Å²) in [6.07, 6.45) is 2.85. The fourth-order valence-electron chi connectivity index (χ4n) is 3.24. The summed E-state index contributed by atoms with van der Waals surface area (Å²) in [4.78, 5) is 12.9. The first-order valence-corrected chi connectivity index (χ1v) is 12.7. The molecule has 0 spiro atoms. The van der Waals surface area contributed by atoms with Crippen LogP contribution in [0.4, 0.5) is 0 Å². The molecule has 1 fully saturated rings. The van der Waals surface area contributed by atoms with Gasteiger partial charge in [0.05, 0.1) is 16.7 Å². The van der Waals surface area contributed by atoms with Gasteiger partial charge in [-0.05, 0) is 43.9 Å². The van der Waals surface area contributed by atoms with E-state index < -0.39 is 19.9 Å². The minimum absolute atomic E-state index is 0.0747. The second-order valence-corrected chi connectivity index (χ2v) is 11.2. The van der Waals surface area contributed by atoms with Crippen LogP contribution in [0.1, 0.15) is 44.7 Å². The van der Waals surface area contributed by atoms with E-state index in [0.717, 1.165) is 11.8 Å². The average Bonchev–Trinajstić information content (AvgIpc) is 2.65. The third-order valence-corrected chi connectivity index (χ3v) is 8.03. The molecule has 0 bridgehead atoms. The summed E-state index contributed by atoms with van der Waals surface area (Å²) in [6.45, 7) is 4.31. The molecule has 0 radical (unpaired) electrons. The van der Waals surface area contributed by atoms with E-state index in [9.17, 15) is 21.6 Å². The highest BCUT2D eigenvalue weighted by molar-refractivity contribution is 7.90. The molecule has 0 saturated carbocycles. The number of piperidine rings is 1. The monoisotopic (exact) mass is 416 g/mol. The highest BCUT2D eigenvalue weighted by atomic mass is 32.2. The van der Waals surface area contributed by atoms with Crippen molar-refractivity contribution in [3.63, 3.8) is 0 Å². The highest BCUT2D eigenvalue weighted by Crippen LogP contribution is 2.23. The highest BCUT2D eigenvalue weighted by Gasteiger charge is 2.30. The van der Waals surface area contributed by atoms with E-state index in [1.165, 1.54) is 4.31 Å². The predicted octanol–water partition coefficient (Wildman–Crippen LogP) is 1.72. The molecule has 0 aromatic heterocycles. The van der Waals surface area contributed by atoms with Crippen LogP contribution in [0.3, 0.4) is 0 Å². The van der Waals surface area contributed by atoms with Gasteiger partial charge in [-0.1, -0.05) is 19.1 Å². The molecule has 1 unspecified atom stereocenters. The van der Waals surface area contributed by atoms with Crippen LogP contribution in [0.15, 0.2) is 29.2 Å². The first-order valence-electron chi connectivity index (χ1n) is 9.16. The number of rotatable bonds is 7. The van der Waals surface area contributed by atoms with Gasteiger partial charge < -0.3 is 5.32 Å². The molecule has 1 aromatic rings. The zero-order valence-corrected chi connectivity index (χ0v) is 17.6. The van der Waals surface area contributed by atoms with Crippen molar-refractivity contribution in [2.45, 2.75) is 44.0 Å². The van der Waals surface area contributed by atoms with Crippen LogP contribution in [0.25, 0.3) is 0 Å². The van der Waals surface area contributed by atoms with E-state index in [1.807, 2.05) is 6.92 Å². The minimum atomic E-state index is -3.25. The number of sulfone groups is 1. The number of nitrogens with zero attached hydrogens (tertiary/aromatic N) is 1. The Labute approximate surface area is 162 Å². The molecule has 1 aromatic carbocycles. The Morgan fingerprint density at radius 1 is 1.11 bits per heavy atom. The number of nitrogens with one attached hydrogen (secondary N) is 1. The van der Waals surface area contributed by atoms with Gasteiger partial charge in [0.15, 0.2) is 9.84 Å². The number of hydrogen-bond acceptors (Lipinski definition) is 5. The lowest BCUT2D eigenvalue weighted by atomic mass is 9.96. The van der Waals surface area contributed by atoms with Crippen LogP contribution >= 0.6 is 0 Å². The van der Waals surface area contributed by atoms with Crippen molar-refractivity contribution in [2.75, 3.05) is 25.1 Å². The number of sulfonamides is 1. The number of carbonyl (C=O) groups is 1. The lowest BCUT2D eigenvalue weighted by Crippen LogP contribution is -2.44. The second-order valence-electron chi connectivity index (χ2n) is 6.88. The Balaban J connectivity index is 2.00. The minimum Gasteiger partial charge on any atom is -0.349 e. The van der Waals surface area contributed by atoms with Crippen LogP contribution in [0.5, 0.6) is 0 Å². The van der Waals surface area contributed by atoms with Gasteiger partial charge in [0, 0.05) is 25.3 Å². The Morgan fingerprint density at radius 3 is 2.11 bits per heavy atom. The van der Waals surface area contributed by atoms with Crippen LogP contribution in [-0.4, -0.2) is 52.1 Å². The molecule has 1 N–H and O–H groups in total. The summed E-state index contributed by atoms with van der Waals surface area (Å²) in [7, 11) is -6.46. The van der Waals surface area contributed by atoms with Crippen molar-refractivity contribution < 1.29 is 21.6 Å². The summed E-state index contributed by atoms with van der Waals surface area (Å²) in [5.74, 6) is -0.217. The Kier molecular flexibility index (Phi) is 7.04. The van der Waals surface area contributed by atoms with Crippen molar-refractivity contribution in [2.24, 2.45) is 5.92 Å². The molecule has 1 amide bonds. The smallest absolute Gasteiger partial charge is 0.223 e. The largest absolute Gasteiger partial charge is 0.349 e. The van der Waals surface area contributed by atoms with Crippen LogP contribution in [0, 0.1) is 5.92 Å². The third-order valence-electron chi connectivity index (χ3n) is 5.02. The van der Waals surface area contributed by atoms with E-state index in [2.05, 4.69) is 5.32 Å². The van der Waals surface area contributed by atoms with Crippen LogP contribution < -0.4 is 5.32 Å². The molecule has 9 heteroatoms. The van der Waals surface area contributed by atoms with Crippen molar-refractivity contribution >= 4 is 25.8 Å². The summed E-state index contributed by atoms with van der Waals surface area (Å²) in [5, 5.41) is 3.02. The number of carbonyl (C=O) groups excluding carboxylic acids is 1. The maximum atomic E-state index is 12.6. The van der Waals surface area contributed by atoms with Gasteiger partial charge in [-0.15, -0.1) is 0 Å². The molecule has 1 heterocycles. The summed E-state index contributed by atoms with van der Waals surface area (Å²) in [5.41, 5.74) is 0.851. The van der Waals surface area contributed by atoms with Crippen molar-refractivity contribution in [1.29, 1.82) is 0 Å². The molecular formula is C18H28N2O5S2. The Hall–Kier alpha value is -1.45. The number of amides is 1. The van der Waals surface area contributed by atoms with Gasteiger partial charge in [0.1, 0.15) is 0 Å². The lowest BCUT2D eigenvalue weighted by molar-refractivity contribution is -0.126. The van der Waals surface area contributed by atoms with Crippen LogP contribution in [0.2, 0.25) is 0 Å². The predicted molar refractivity (Wildman–Crippen MR) is 104 cm³/mol. The third kappa shape index (κ3) is 5.52. The van der Waals surface area contributed by atoms with Crippen molar-refractivity contribution in [3.8, 4) is 0 Å². The molecule has 152 valence electrons. The van der Waals surface area contributed by atoms with Gasteiger partial charge in [-0.2, -0.15) is 0 Å². The zero-order chi connectivity index (χ0) is 20.2. The van der Waals surface area contributed by atoms with Crippen molar-refractivity contribution in [3.05, 3.63) is 29.8 Å². The molecule has 1 saturated heterocycles. The second kappa shape index (κ2) is 8.70. The Morgan fingerprint density at radius 2 is 1.67 bits per heavy atom. The number of hydrogen-bond donors (Lipinski definition) is 1. The molecular weight excluding hydrogens is 388 g/mol. The zero-order valence-electron chi connectivity index (χ0n) is 16.0. The fourth-order valence-corrected chi connectivity index (χ4v) is 5.00. The molecule has 1 aliphatic heterocycles. The van der Waals surface area contributed by atoms with E-state index in [-0.39, 0.29) is 28.5 Å². The summed E-state index contributed by atoms with van der Waals surface area (Å²) < 4.78 is 48.4. The van der Waals surface area contributed by atoms with Gasteiger partial charge >= 0.3 is 0 Å². The molecule has 1 atom stereocenters. The van der Waals surface area contributed by atoms with Gasteiger partial charge in [0.2, 0.25) is 15.9 Å². The normalized spacial score (nSPS) is 18.2. The van der Waals surface area contributed by atoms with Gasteiger partial charge in [0.25, 0.3) is 0 Å². The quantitative estimate of drug-likeness (QED) is 0.729. The lowest BCUT2D eigenvalue weighted by Gasteiger charge is -2.31. The molecule has 27 heavy (non-hydrogen) atoms. The molecule has 1 aliphatic rings. The standard InChI is InChI=1S/C18H28N2O5S2/c1-4-17(14-6-8-16(9-7-14)26(3,22)23)19-18(21)15-10-12-20(13-11-15)27(24,25)5-2/h6-9,15,17H,4-5,10-13H2,1-3H3,(H,19,21). The first kappa shape index (κ1) is 21.8. The first-order chi connectivity index (χ1) is 12.6. The van der Waals surface area contributed by atoms with Gasteiger partial charge in [-0.3, -0.25) is 4.79 Å². The maximum Gasteiger partial charge on any atom is 0.223 e. The topological polar surface area (TPSA) is 101 Å². The summed E-state index contributed by atoms with van der Waals surface area (Å²) in [6, 6.07) is 6.34. The fraction of sp³-hybridized carbons (Fsp3) is 0.611. The van der Waals surface area contributed by atoms with E-state index in [1.54, 1.807) is 31.2 Å². The average molecular weight is 417 g/mol. The SMILES string of the molecule is CCC(NC(=O)C1CCN(S(=O)(=O)CC)CC1)c1ccc(S(C)(=O)=O)cc1. The number of benzene rings is 1. The van der Waals surface area contributed by atoms with E-state index >= 15 is 0 Å². The molecule has 2 rings (SSSR count). The Bertz CT molecular complexity index is 856. The maximum absolute atomic E-state index is 12.6.